The summed E-state index contributed by atoms with van der Waals surface area (Å²) in [5.74, 6) is 0.985. The van der Waals surface area contributed by atoms with Crippen LogP contribution < -0.4 is 10.1 Å². The summed E-state index contributed by atoms with van der Waals surface area (Å²) in [7, 11) is 0. The molecule has 2 rings (SSSR count). The van der Waals surface area contributed by atoms with Gasteiger partial charge in [-0.2, -0.15) is 13.2 Å². The molecule has 1 aromatic heterocycles. The van der Waals surface area contributed by atoms with E-state index in [2.05, 4.69) is 10.3 Å². The molecule has 0 saturated heterocycles. The second kappa shape index (κ2) is 6.97. The Morgan fingerprint density at radius 1 is 1.00 bits per heavy atom. The van der Waals surface area contributed by atoms with Crippen molar-refractivity contribution in [1.82, 2.24) is 4.98 Å². The Morgan fingerprint density at radius 2 is 1.76 bits per heavy atom. The van der Waals surface area contributed by atoms with Crippen LogP contribution in [0.4, 0.5) is 19.0 Å². The molecule has 21 heavy (non-hydrogen) atoms. The van der Waals surface area contributed by atoms with Gasteiger partial charge in [0, 0.05) is 6.54 Å². The van der Waals surface area contributed by atoms with E-state index in [4.69, 9.17) is 4.74 Å². The van der Waals surface area contributed by atoms with Gasteiger partial charge in [-0.1, -0.05) is 24.3 Å². The lowest BCUT2D eigenvalue weighted by atomic mass is 10.3. The molecule has 0 fully saturated rings. The average Bonchev–Trinajstić information content (AvgIpc) is 2.47. The molecular formula is C15H15F3N2O. The van der Waals surface area contributed by atoms with E-state index in [0.29, 0.717) is 19.6 Å². The molecule has 0 aliphatic rings. The number of halogens is 3. The summed E-state index contributed by atoms with van der Waals surface area (Å²) in [6, 6.07) is 13.1. The molecule has 112 valence electrons. The number of benzene rings is 1. The highest BCUT2D eigenvalue weighted by atomic mass is 19.4. The SMILES string of the molecule is FC(F)(F)c1cccc(NCCCOc2ccccc2)n1. The lowest BCUT2D eigenvalue weighted by Gasteiger charge is -2.10. The number of hydrogen-bond acceptors (Lipinski definition) is 3. The normalized spacial score (nSPS) is 11.2. The van der Waals surface area contributed by atoms with Crippen LogP contribution in [-0.4, -0.2) is 18.1 Å². The van der Waals surface area contributed by atoms with Crippen molar-refractivity contribution >= 4 is 5.82 Å². The van der Waals surface area contributed by atoms with Crippen LogP contribution in [0.1, 0.15) is 12.1 Å². The van der Waals surface area contributed by atoms with Gasteiger partial charge in [0.2, 0.25) is 0 Å². The highest BCUT2D eigenvalue weighted by Crippen LogP contribution is 2.28. The monoisotopic (exact) mass is 296 g/mol. The molecule has 1 heterocycles. The molecule has 0 atom stereocenters. The molecule has 0 aliphatic carbocycles. The number of rotatable bonds is 6. The van der Waals surface area contributed by atoms with Gasteiger partial charge in [0.25, 0.3) is 0 Å². The van der Waals surface area contributed by atoms with Gasteiger partial charge < -0.3 is 10.1 Å². The van der Waals surface area contributed by atoms with Crippen LogP contribution in [0.3, 0.4) is 0 Å². The quantitative estimate of drug-likeness (QED) is 0.819. The number of alkyl halides is 3. The Hall–Kier alpha value is -2.24. The summed E-state index contributed by atoms with van der Waals surface area (Å²) in [4.78, 5) is 3.52. The number of aromatic nitrogens is 1. The minimum Gasteiger partial charge on any atom is -0.494 e. The van der Waals surface area contributed by atoms with Crippen molar-refractivity contribution < 1.29 is 17.9 Å². The predicted octanol–water partition coefficient (Wildman–Crippen LogP) is 3.98. The number of nitrogens with zero attached hydrogens (tertiary/aromatic N) is 1. The van der Waals surface area contributed by atoms with Gasteiger partial charge >= 0.3 is 6.18 Å². The third-order valence-corrected chi connectivity index (χ3v) is 2.68. The molecule has 3 nitrogen and oxygen atoms in total. The fourth-order valence-electron chi connectivity index (χ4n) is 1.69. The molecule has 0 amide bonds. The minimum absolute atomic E-state index is 0.213. The van der Waals surface area contributed by atoms with Crippen LogP contribution in [0.5, 0.6) is 5.75 Å². The van der Waals surface area contributed by atoms with E-state index < -0.39 is 11.9 Å². The van der Waals surface area contributed by atoms with Crippen molar-refractivity contribution in [1.29, 1.82) is 0 Å². The highest BCUT2D eigenvalue weighted by Gasteiger charge is 2.32. The fraction of sp³-hybridized carbons (Fsp3) is 0.267. The van der Waals surface area contributed by atoms with Gasteiger partial charge in [-0.25, -0.2) is 4.98 Å². The number of para-hydroxylation sites is 1. The van der Waals surface area contributed by atoms with E-state index in [1.54, 1.807) is 0 Å². The predicted molar refractivity (Wildman–Crippen MR) is 74.3 cm³/mol. The summed E-state index contributed by atoms with van der Waals surface area (Å²) in [5.41, 5.74) is -0.895. The Kier molecular flexibility index (Phi) is 5.03. The second-order valence-electron chi connectivity index (χ2n) is 4.35. The third-order valence-electron chi connectivity index (χ3n) is 2.68. The summed E-state index contributed by atoms with van der Waals surface area (Å²) >= 11 is 0. The van der Waals surface area contributed by atoms with E-state index in [9.17, 15) is 13.2 Å². The highest BCUT2D eigenvalue weighted by molar-refractivity contribution is 5.35. The maximum atomic E-state index is 12.5. The number of anilines is 1. The topological polar surface area (TPSA) is 34.1 Å². The molecular weight excluding hydrogens is 281 g/mol. The van der Waals surface area contributed by atoms with Crippen molar-refractivity contribution in [2.45, 2.75) is 12.6 Å². The maximum Gasteiger partial charge on any atom is 0.433 e. The number of ether oxygens (including phenoxy) is 1. The van der Waals surface area contributed by atoms with Crippen LogP contribution in [0.15, 0.2) is 48.5 Å². The van der Waals surface area contributed by atoms with E-state index in [1.807, 2.05) is 30.3 Å². The summed E-state index contributed by atoms with van der Waals surface area (Å²) < 4.78 is 42.9. The van der Waals surface area contributed by atoms with E-state index >= 15 is 0 Å². The van der Waals surface area contributed by atoms with E-state index in [1.165, 1.54) is 12.1 Å². The van der Waals surface area contributed by atoms with Gasteiger partial charge in [0.15, 0.2) is 0 Å². The van der Waals surface area contributed by atoms with Gasteiger partial charge in [-0.15, -0.1) is 0 Å². The zero-order valence-electron chi connectivity index (χ0n) is 11.2. The first-order valence-corrected chi connectivity index (χ1v) is 6.52. The molecule has 1 aromatic carbocycles. The lowest BCUT2D eigenvalue weighted by molar-refractivity contribution is -0.141. The molecule has 0 bridgehead atoms. The second-order valence-corrected chi connectivity index (χ2v) is 4.35. The van der Waals surface area contributed by atoms with Crippen LogP contribution in [0, 0.1) is 0 Å². The molecule has 0 unspecified atom stereocenters. The largest absolute Gasteiger partial charge is 0.494 e. The molecule has 2 aromatic rings. The summed E-state index contributed by atoms with van der Waals surface area (Å²) in [6.07, 6.45) is -3.76. The lowest BCUT2D eigenvalue weighted by Crippen LogP contribution is -2.12. The van der Waals surface area contributed by atoms with Gasteiger partial charge in [0.05, 0.1) is 6.61 Å². The maximum absolute atomic E-state index is 12.5. The third kappa shape index (κ3) is 4.98. The van der Waals surface area contributed by atoms with Crippen LogP contribution in [-0.2, 0) is 6.18 Å². The van der Waals surface area contributed by atoms with Crippen LogP contribution in [0.2, 0.25) is 0 Å². The first-order chi connectivity index (χ1) is 10.1. The number of hydrogen-bond donors (Lipinski definition) is 1. The summed E-state index contributed by atoms with van der Waals surface area (Å²) in [6.45, 7) is 0.969. The molecule has 6 heteroatoms. The summed E-state index contributed by atoms with van der Waals surface area (Å²) in [5, 5.41) is 2.85. The molecule has 0 radical (unpaired) electrons. The Labute approximate surface area is 120 Å². The first kappa shape index (κ1) is 15.2. The Balaban J connectivity index is 1.74. The minimum atomic E-state index is -4.42. The Bertz CT molecular complexity index is 558. The van der Waals surface area contributed by atoms with Gasteiger partial charge in [-0.05, 0) is 30.7 Å². The molecule has 1 N–H and O–H groups in total. The standard InChI is InChI=1S/C15H15F3N2O/c16-15(17,18)13-8-4-9-14(20-13)19-10-5-11-21-12-6-2-1-3-7-12/h1-4,6-9H,5,10-11H2,(H,19,20). The van der Waals surface area contributed by atoms with Gasteiger partial charge in [-0.3, -0.25) is 0 Å². The van der Waals surface area contributed by atoms with Crippen molar-refractivity contribution in [2.75, 3.05) is 18.5 Å². The van der Waals surface area contributed by atoms with Crippen LogP contribution in [0.25, 0.3) is 0 Å². The van der Waals surface area contributed by atoms with E-state index in [-0.39, 0.29) is 5.82 Å². The van der Waals surface area contributed by atoms with Crippen molar-refractivity contribution in [2.24, 2.45) is 0 Å². The van der Waals surface area contributed by atoms with Crippen LogP contribution >= 0.6 is 0 Å². The Morgan fingerprint density at radius 3 is 2.48 bits per heavy atom. The smallest absolute Gasteiger partial charge is 0.433 e. The number of nitrogens with one attached hydrogen (secondary N) is 1. The zero-order chi connectivity index (χ0) is 15.1. The fourth-order valence-corrected chi connectivity index (χ4v) is 1.69. The first-order valence-electron chi connectivity index (χ1n) is 6.52. The van der Waals surface area contributed by atoms with E-state index in [0.717, 1.165) is 11.8 Å². The average molecular weight is 296 g/mol. The van der Waals surface area contributed by atoms with Crippen molar-refractivity contribution in [3.8, 4) is 5.75 Å². The number of pyridine rings is 1. The molecule has 0 saturated carbocycles. The van der Waals surface area contributed by atoms with Crippen molar-refractivity contribution in [3.05, 3.63) is 54.2 Å². The van der Waals surface area contributed by atoms with Gasteiger partial charge in [0.1, 0.15) is 17.3 Å². The van der Waals surface area contributed by atoms with Crippen molar-refractivity contribution in [3.63, 3.8) is 0 Å². The molecule has 0 spiro atoms. The zero-order valence-corrected chi connectivity index (χ0v) is 11.2. The molecule has 0 aliphatic heterocycles.